The first-order valence-electron chi connectivity index (χ1n) is 5.87. The van der Waals surface area contributed by atoms with Crippen molar-refractivity contribution in [2.45, 2.75) is 19.0 Å². The molecule has 102 valence electrons. The summed E-state index contributed by atoms with van der Waals surface area (Å²) in [7, 11) is 0. The third-order valence-corrected chi connectivity index (χ3v) is 2.59. The molecule has 0 saturated carbocycles. The third kappa shape index (κ3) is 5.52. The van der Waals surface area contributed by atoms with Gasteiger partial charge in [-0.1, -0.05) is 25.6 Å². The van der Waals surface area contributed by atoms with Gasteiger partial charge in [0, 0.05) is 19.2 Å². The second kappa shape index (κ2) is 8.12. The number of nitrogens with zero attached hydrogens (tertiary/aromatic N) is 2. The van der Waals surface area contributed by atoms with E-state index in [9.17, 15) is 0 Å². The number of nitrogens with one attached hydrogen (secondary N) is 2. The van der Waals surface area contributed by atoms with Crippen LogP contribution in [0, 0.1) is 5.92 Å². The lowest BCUT2D eigenvalue weighted by atomic mass is 10.2. The van der Waals surface area contributed by atoms with Gasteiger partial charge in [-0.15, -0.1) is 0 Å². The zero-order valence-electron chi connectivity index (χ0n) is 11.1. The van der Waals surface area contributed by atoms with Gasteiger partial charge in [-0.2, -0.15) is 0 Å². The standard InChI is InChI=1S/C11H21N5OS/c1-8(2)7-17-5-4-13-9-6-10(16-12)15-11(14-9)18-3/h6,8H,4-5,7,12H2,1-3H3,(H2,13,14,15,16). The molecule has 0 amide bonds. The molecule has 4 N–H and O–H groups in total. The molecule has 0 aliphatic carbocycles. The Morgan fingerprint density at radius 1 is 1.39 bits per heavy atom. The summed E-state index contributed by atoms with van der Waals surface area (Å²) in [5.41, 5.74) is 2.52. The Balaban J connectivity index is 2.41. The largest absolute Gasteiger partial charge is 0.379 e. The van der Waals surface area contributed by atoms with Gasteiger partial charge in [0.25, 0.3) is 0 Å². The van der Waals surface area contributed by atoms with Crippen LogP contribution in [0.1, 0.15) is 13.8 Å². The van der Waals surface area contributed by atoms with E-state index in [4.69, 9.17) is 10.6 Å². The average molecular weight is 271 g/mol. The van der Waals surface area contributed by atoms with Crippen LogP contribution in [-0.4, -0.2) is 36.0 Å². The molecule has 1 aromatic heterocycles. The Labute approximate surface area is 112 Å². The number of hydrazine groups is 1. The van der Waals surface area contributed by atoms with Crippen molar-refractivity contribution in [1.29, 1.82) is 0 Å². The molecule has 0 bridgehead atoms. The molecule has 18 heavy (non-hydrogen) atoms. The van der Waals surface area contributed by atoms with Crippen LogP contribution >= 0.6 is 11.8 Å². The molecule has 0 saturated heterocycles. The third-order valence-electron chi connectivity index (χ3n) is 2.04. The maximum atomic E-state index is 5.48. The number of aromatic nitrogens is 2. The smallest absolute Gasteiger partial charge is 0.191 e. The Kier molecular flexibility index (Phi) is 6.77. The van der Waals surface area contributed by atoms with Crippen LogP contribution in [0.4, 0.5) is 11.6 Å². The molecule has 0 fully saturated rings. The molecule has 0 spiro atoms. The van der Waals surface area contributed by atoms with Crippen molar-refractivity contribution in [2.75, 3.05) is 36.8 Å². The van der Waals surface area contributed by atoms with Gasteiger partial charge in [0.15, 0.2) is 5.16 Å². The number of hydrogen-bond donors (Lipinski definition) is 3. The highest BCUT2D eigenvalue weighted by Crippen LogP contribution is 2.16. The van der Waals surface area contributed by atoms with E-state index in [1.54, 1.807) is 6.07 Å². The van der Waals surface area contributed by atoms with E-state index in [1.165, 1.54) is 11.8 Å². The number of anilines is 2. The van der Waals surface area contributed by atoms with Crippen LogP contribution in [0.5, 0.6) is 0 Å². The van der Waals surface area contributed by atoms with Gasteiger partial charge in [-0.05, 0) is 12.2 Å². The van der Waals surface area contributed by atoms with Crippen LogP contribution in [-0.2, 0) is 4.74 Å². The van der Waals surface area contributed by atoms with Crippen molar-refractivity contribution in [1.82, 2.24) is 9.97 Å². The highest BCUT2D eigenvalue weighted by Gasteiger charge is 2.02. The topological polar surface area (TPSA) is 85.1 Å². The van der Waals surface area contributed by atoms with Crippen molar-refractivity contribution in [3.63, 3.8) is 0 Å². The summed E-state index contributed by atoms with van der Waals surface area (Å²) < 4.78 is 5.48. The molecule has 0 radical (unpaired) electrons. The van der Waals surface area contributed by atoms with Crippen LogP contribution in [0.2, 0.25) is 0 Å². The quantitative estimate of drug-likeness (QED) is 0.217. The van der Waals surface area contributed by atoms with Gasteiger partial charge in [-0.3, -0.25) is 0 Å². The molecule has 6 nitrogen and oxygen atoms in total. The second-order valence-corrected chi connectivity index (χ2v) is 4.94. The van der Waals surface area contributed by atoms with Gasteiger partial charge in [-0.25, -0.2) is 15.8 Å². The first-order valence-corrected chi connectivity index (χ1v) is 7.09. The molecule has 1 rings (SSSR count). The maximum Gasteiger partial charge on any atom is 0.191 e. The van der Waals surface area contributed by atoms with E-state index >= 15 is 0 Å². The normalized spacial score (nSPS) is 10.7. The van der Waals surface area contributed by atoms with E-state index in [-0.39, 0.29) is 0 Å². The van der Waals surface area contributed by atoms with Crippen LogP contribution in [0.3, 0.4) is 0 Å². The monoisotopic (exact) mass is 271 g/mol. The number of hydrogen-bond acceptors (Lipinski definition) is 7. The first kappa shape index (κ1) is 15.0. The van der Waals surface area contributed by atoms with Crippen LogP contribution < -0.4 is 16.6 Å². The highest BCUT2D eigenvalue weighted by atomic mass is 32.2. The van der Waals surface area contributed by atoms with Crippen molar-refractivity contribution in [2.24, 2.45) is 11.8 Å². The molecule has 0 unspecified atom stereocenters. The molecule has 1 aromatic rings. The molecule has 0 aromatic carbocycles. The molecule has 0 atom stereocenters. The fourth-order valence-corrected chi connectivity index (χ4v) is 1.63. The van der Waals surface area contributed by atoms with E-state index < -0.39 is 0 Å². The fourth-order valence-electron chi connectivity index (χ4n) is 1.25. The van der Waals surface area contributed by atoms with Crippen LogP contribution in [0.25, 0.3) is 0 Å². The molecule has 0 aliphatic heterocycles. The predicted molar refractivity (Wildman–Crippen MR) is 75.8 cm³/mol. The fraction of sp³-hybridized carbons (Fsp3) is 0.636. The molecular formula is C11H21N5OS. The summed E-state index contributed by atoms with van der Waals surface area (Å²) in [6.45, 7) is 6.39. The van der Waals surface area contributed by atoms with Crippen LogP contribution in [0.15, 0.2) is 11.2 Å². The average Bonchev–Trinajstić information content (AvgIpc) is 2.37. The molecule has 7 heteroatoms. The summed E-state index contributed by atoms with van der Waals surface area (Å²) in [5, 5.41) is 3.86. The Hall–Kier alpha value is -1.05. The van der Waals surface area contributed by atoms with Gasteiger partial charge < -0.3 is 15.5 Å². The summed E-state index contributed by atoms with van der Waals surface area (Å²) in [6, 6.07) is 1.77. The molecule has 1 heterocycles. The zero-order valence-corrected chi connectivity index (χ0v) is 11.9. The van der Waals surface area contributed by atoms with E-state index in [0.29, 0.717) is 30.0 Å². The Morgan fingerprint density at radius 3 is 2.72 bits per heavy atom. The number of nitrogen functional groups attached to an aromatic ring is 1. The predicted octanol–water partition coefficient (Wildman–Crippen LogP) is 1.57. The SMILES string of the molecule is CSc1nc(NN)cc(NCCOCC(C)C)n1. The molecular weight excluding hydrogens is 250 g/mol. The summed E-state index contributed by atoms with van der Waals surface area (Å²) in [5.74, 6) is 7.25. The summed E-state index contributed by atoms with van der Waals surface area (Å²) in [6.07, 6.45) is 1.92. The summed E-state index contributed by atoms with van der Waals surface area (Å²) >= 11 is 1.47. The lowest BCUT2D eigenvalue weighted by molar-refractivity contribution is 0.118. The van der Waals surface area contributed by atoms with Gasteiger partial charge in [0.05, 0.1) is 6.61 Å². The number of rotatable bonds is 8. The lowest BCUT2D eigenvalue weighted by Crippen LogP contribution is -2.14. The Bertz CT molecular complexity index is 339. The molecule has 0 aliphatic rings. The van der Waals surface area contributed by atoms with E-state index in [2.05, 4.69) is 34.6 Å². The van der Waals surface area contributed by atoms with E-state index in [0.717, 1.165) is 12.4 Å². The number of thioether (sulfide) groups is 1. The first-order chi connectivity index (χ1) is 8.65. The van der Waals surface area contributed by atoms with Gasteiger partial charge in [0.2, 0.25) is 0 Å². The minimum atomic E-state index is 0.556. The van der Waals surface area contributed by atoms with Crippen molar-refractivity contribution in [3.05, 3.63) is 6.07 Å². The van der Waals surface area contributed by atoms with Crippen molar-refractivity contribution < 1.29 is 4.74 Å². The van der Waals surface area contributed by atoms with Crippen molar-refractivity contribution in [3.8, 4) is 0 Å². The number of ether oxygens (including phenoxy) is 1. The Morgan fingerprint density at radius 2 is 2.11 bits per heavy atom. The lowest BCUT2D eigenvalue weighted by Gasteiger charge is -2.10. The summed E-state index contributed by atoms with van der Waals surface area (Å²) in [4.78, 5) is 8.50. The minimum absolute atomic E-state index is 0.556. The highest BCUT2D eigenvalue weighted by molar-refractivity contribution is 7.98. The second-order valence-electron chi connectivity index (χ2n) is 4.16. The van der Waals surface area contributed by atoms with Crippen molar-refractivity contribution >= 4 is 23.4 Å². The maximum absolute atomic E-state index is 5.48. The zero-order chi connectivity index (χ0) is 13.4. The minimum Gasteiger partial charge on any atom is -0.379 e. The van der Waals surface area contributed by atoms with Gasteiger partial charge in [0.1, 0.15) is 11.6 Å². The van der Waals surface area contributed by atoms with Gasteiger partial charge >= 0.3 is 0 Å². The van der Waals surface area contributed by atoms with E-state index in [1.807, 2.05) is 6.26 Å². The number of nitrogens with two attached hydrogens (primary N) is 1.